The van der Waals surface area contributed by atoms with Crippen LogP contribution in [0.15, 0.2) is 59.3 Å². The largest absolute Gasteiger partial charge is 0.487 e. The van der Waals surface area contributed by atoms with Crippen molar-refractivity contribution < 1.29 is 24.0 Å². The van der Waals surface area contributed by atoms with Crippen molar-refractivity contribution in [3.63, 3.8) is 0 Å². The molecule has 196 valence electrons. The smallest absolute Gasteiger partial charge is 0.335 e. The summed E-state index contributed by atoms with van der Waals surface area (Å²) in [4.78, 5) is 29.9. The minimum absolute atomic E-state index is 0.0441. The highest BCUT2D eigenvalue weighted by Gasteiger charge is 2.24. The number of aryl methyl sites for hydroxylation is 1. The number of ether oxygens (including phenoxy) is 1. The molecular formula is C28H25Cl2N3O5. The molecule has 0 aliphatic heterocycles. The molecule has 4 aromatic rings. The van der Waals surface area contributed by atoms with Crippen LogP contribution in [0.1, 0.15) is 57.4 Å². The number of aromatic carboxylic acids is 1. The first-order chi connectivity index (χ1) is 18.1. The Labute approximate surface area is 229 Å². The second kappa shape index (κ2) is 11.2. The van der Waals surface area contributed by atoms with E-state index in [4.69, 9.17) is 37.6 Å². The molecule has 0 fully saturated rings. The number of hydrogen-bond donors (Lipinski definition) is 1. The fourth-order valence-electron chi connectivity index (χ4n) is 4.01. The molecule has 10 heteroatoms. The molecule has 0 aliphatic rings. The molecule has 2 aromatic carbocycles. The first-order valence-electron chi connectivity index (χ1n) is 11.7. The van der Waals surface area contributed by atoms with Gasteiger partial charge in [0.15, 0.2) is 0 Å². The van der Waals surface area contributed by atoms with Gasteiger partial charge in [-0.15, -0.1) is 0 Å². The number of benzene rings is 2. The van der Waals surface area contributed by atoms with Gasteiger partial charge in [-0.25, -0.2) is 9.78 Å². The maximum absolute atomic E-state index is 12.9. The molecule has 0 radical (unpaired) electrons. The van der Waals surface area contributed by atoms with Crippen LogP contribution in [0.3, 0.4) is 0 Å². The summed E-state index contributed by atoms with van der Waals surface area (Å²) in [5.74, 6) is 0.267. The molecule has 0 aliphatic carbocycles. The lowest BCUT2D eigenvalue weighted by molar-refractivity contribution is 0.0696. The minimum atomic E-state index is -1.06. The average Bonchev–Trinajstić information content (AvgIpc) is 3.30. The van der Waals surface area contributed by atoms with Crippen molar-refractivity contribution in [2.24, 2.45) is 0 Å². The van der Waals surface area contributed by atoms with Gasteiger partial charge in [-0.05, 0) is 55.0 Å². The van der Waals surface area contributed by atoms with E-state index in [0.717, 1.165) is 5.56 Å². The van der Waals surface area contributed by atoms with Crippen LogP contribution in [-0.2, 0) is 6.61 Å². The predicted molar refractivity (Wildman–Crippen MR) is 145 cm³/mol. The third kappa shape index (κ3) is 5.51. The number of carboxylic acid groups (broad SMARTS) is 1. The van der Waals surface area contributed by atoms with E-state index >= 15 is 0 Å². The van der Waals surface area contributed by atoms with Crippen molar-refractivity contribution >= 4 is 40.9 Å². The molecule has 0 spiro atoms. The van der Waals surface area contributed by atoms with Gasteiger partial charge >= 0.3 is 5.97 Å². The number of rotatable bonds is 8. The van der Waals surface area contributed by atoms with Gasteiger partial charge in [0, 0.05) is 24.1 Å². The summed E-state index contributed by atoms with van der Waals surface area (Å²) in [5, 5.41) is 14.2. The Kier molecular flexibility index (Phi) is 8.04. The van der Waals surface area contributed by atoms with Crippen LogP contribution < -0.4 is 9.64 Å². The zero-order valence-corrected chi connectivity index (χ0v) is 22.7. The van der Waals surface area contributed by atoms with Crippen LogP contribution in [0, 0.1) is 6.92 Å². The quantitative estimate of drug-likeness (QED) is 0.249. The van der Waals surface area contributed by atoms with Gasteiger partial charge in [0.05, 0.1) is 27.4 Å². The number of pyridine rings is 1. The van der Waals surface area contributed by atoms with E-state index < -0.39 is 5.97 Å². The Bertz CT molecular complexity index is 1480. The van der Waals surface area contributed by atoms with E-state index in [1.807, 2.05) is 20.8 Å². The first-order valence-corrected chi connectivity index (χ1v) is 12.5. The highest BCUT2D eigenvalue weighted by molar-refractivity contribution is 6.39. The van der Waals surface area contributed by atoms with Gasteiger partial charge in [0.1, 0.15) is 29.6 Å². The molecule has 0 bridgehead atoms. The molecule has 0 atom stereocenters. The van der Waals surface area contributed by atoms with Gasteiger partial charge in [-0.2, -0.15) is 0 Å². The van der Waals surface area contributed by atoms with E-state index in [1.54, 1.807) is 31.3 Å². The highest BCUT2D eigenvalue weighted by Crippen LogP contribution is 2.39. The molecule has 0 saturated heterocycles. The highest BCUT2D eigenvalue weighted by atomic mass is 35.5. The Morgan fingerprint density at radius 3 is 2.29 bits per heavy atom. The van der Waals surface area contributed by atoms with E-state index in [-0.39, 0.29) is 24.0 Å². The van der Waals surface area contributed by atoms with E-state index in [0.29, 0.717) is 49.8 Å². The summed E-state index contributed by atoms with van der Waals surface area (Å²) in [5.41, 5.74) is 2.99. The van der Waals surface area contributed by atoms with Crippen LogP contribution >= 0.6 is 23.2 Å². The molecule has 4 rings (SSSR count). The van der Waals surface area contributed by atoms with Gasteiger partial charge in [-0.1, -0.05) is 48.3 Å². The Morgan fingerprint density at radius 2 is 1.71 bits per heavy atom. The number of nitrogens with zero attached hydrogens (tertiary/aromatic N) is 3. The van der Waals surface area contributed by atoms with Gasteiger partial charge in [0.2, 0.25) is 0 Å². The number of hydrogen-bond acceptors (Lipinski definition) is 6. The fourth-order valence-corrected chi connectivity index (χ4v) is 4.58. The average molecular weight is 554 g/mol. The van der Waals surface area contributed by atoms with Crippen LogP contribution in [0.25, 0.3) is 11.3 Å². The van der Waals surface area contributed by atoms with Crippen LogP contribution in [0.4, 0.5) is 5.82 Å². The van der Waals surface area contributed by atoms with E-state index in [1.165, 1.54) is 35.4 Å². The second-order valence-electron chi connectivity index (χ2n) is 8.97. The normalized spacial score (nSPS) is 11.0. The molecule has 8 nitrogen and oxygen atoms in total. The van der Waals surface area contributed by atoms with Gasteiger partial charge in [0.25, 0.3) is 5.91 Å². The Morgan fingerprint density at radius 1 is 1.08 bits per heavy atom. The van der Waals surface area contributed by atoms with Crippen molar-refractivity contribution in [2.45, 2.75) is 33.3 Å². The predicted octanol–water partition coefficient (Wildman–Crippen LogP) is 7.03. The lowest BCUT2D eigenvalue weighted by Gasteiger charge is -2.19. The lowest BCUT2D eigenvalue weighted by atomic mass is 10.0. The van der Waals surface area contributed by atoms with Crippen molar-refractivity contribution in [1.82, 2.24) is 10.1 Å². The lowest BCUT2D eigenvalue weighted by Crippen LogP contribution is -2.27. The maximum atomic E-state index is 12.9. The number of carbonyl (C=O) groups excluding carboxylic acids is 1. The van der Waals surface area contributed by atoms with Crippen molar-refractivity contribution in [1.29, 1.82) is 0 Å². The van der Waals surface area contributed by atoms with Gasteiger partial charge < -0.3 is 14.4 Å². The van der Waals surface area contributed by atoms with Crippen LogP contribution in [0.2, 0.25) is 10.0 Å². The maximum Gasteiger partial charge on any atom is 0.335 e. The molecule has 38 heavy (non-hydrogen) atoms. The fraction of sp³-hybridized carbons (Fsp3) is 0.214. The summed E-state index contributed by atoms with van der Waals surface area (Å²) in [6.07, 6.45) is 1.53. The number of carboxylic acids is 1. The minimum Gasteiger partial charge on any atom is -0.487 e. The molecule has 2 heterocycles. The van der Waals surface area contributed by atoms with Crippen molar-refractivity contribution in [3.8, 4) is 17.0 Å². The number of amides is 1. The number of halogens is 2. The molecule has 1 amide bonds. The van der Waals surface area contributed by atoms with E-state index in [9.17, 15) is 9.59 Å². The summed E-state index contributed by atoms with van der Waals surface area (Å²) in [6.45, 7) is 5.94. The van der Waals surface area contributed by atoms with Crippen molar-refractivity contribution in [2.75, 3.05) is 11.9 Å². The molecule has 0 unspecified atom stereocenters. The number of carbonyl (C=O) groups is 2. The first kappa shape index (κ1) is 27.2. The Balaban J connectivity index is 1.55. The SMILES string of the molecule is Cc1cc(OCc2c(-c3c(Cl)cccc3Cl)noc2C(C)C)cnc1N(C)C(=O)c1ccc(C(=O)O)cc1. The zero-order chi connectivity index (χ0) is 27.6. The Hall–Kier alpha value is -3.88. The number of anilines is 1. The molecule has 1 N–H and O–H groups in total. The van der Waals surface area contributed by atoms with E-state index in [2.05, 4.69) is 10.1 Å². The summed E-state index contributed by atoms with van der Waals surface area (Å²) < 4.78 is 11.7. The standard InChI is InChI=1S/C28H25Cl2N3O5/c1-15(2)25-20(24(32-38-25)23-21(29)6-5-7-22(23)30)14-37-19-12-16(3)26(31-13-19)33(4)27(34)17-8-10-18(11-9-17)28(35)36/h5-13,15H,14H2,1-4H3,(H,35,36). The number of aromatic nitrogens is 2. The third-order valence-electron chi connectivity index (χ3n) is 5.95. The van der Waals surface area contributed by atoms with Crippen LogP contribution in [-0.4, -0.2) is 34.2 Å². The second-order valence-corrected chi connectivity index (χ2v) is 9.79. The third-order valence-corrected chi connectivity index (χ3v) is 6.58. The molecule has 0 saturated carbocycles. The topological polar surface area (TPSA) is 106 Å². The van der Waals surface area contributed by atoms with Gasteiger partial charge in [-0.3, -0.25) is 9.69 Å². The van der Waals surface area contributed by atoms with Crippen LogP contribution in [0.5, 0.6) is 5.75 Å². The summed E-state index contributed by atoms with van der Waals surface area (Å²) in [6, 6.07) is 12.7. The van der Waals surface area contributed by atoms with Crippen molar-refractivity contribution in [3.05, 3.63) is 92.8 Å². The monoisotopic (exact) mass is 553 g/mol. The zero-order valence-electron chi connectivity index (χ0n) is 21.2. The molecular weight excluding hydrogens is 529 g/mol. The summed E-state index contributed by atoms with van der Waals surface area (Å²) in [7, 11) is 1.61. The summed E-state index contributed by atoms with van der Waals surface area (Å²) >= 11 is 12.9. The molecule has 2 aromatic heterocycles.